The predicted octanol–water partition coefficient (Wildman–Crippen LogP) is 2.21. The minimum Gasteiger partial charge on any atom is -0.497 e. The molecule has 2 aromatic rings. The third-order valence-electron chi connectivity index (χ3n) is 9.52. The van der Waals surface area contributed by atoms with E-state index in [9.17, 15) is 27.6 Å². The third-order valence-corrected chi connectivity index (χ3v) is 11.4. The summed E-state index contributed by atoms with van der Waals surface area (Å²) in [5, 5.41) is 0. The SMILES string of the molecule is COC(=O)[C@H]1CC2N(C(C)=O)c3ccccc3C[C@]23CCN(S(=O)(=O)c2ccc(OC)cc2)[C@H]3[C@@H]1C(=O)N1CCOC1=O. The van der Waals surface area contributed by atoms with E-state index < -0.39 is 57.3 Å². The highest BCUT2D eigenvalue weighted by Crippen LogP contribution is 2.59. The molecule has 13 heteroatoms. The summed E-state index contributed by atoms with van der Waals surface area (Å²) in [6, 6.07) is 11.7. The van der Waals surface area contributed by atoms with Gasteiger partial charge in [0, 0.05) is 36.7 Å². The number of ether oxygens (including phenoxy) is 3. The van der Waals surface area contributed by atoms with E-state index in [-0.39, 0.29) is 36.9 Å². The van der Waals surface area contributed by atoms with Crippen LogP contribution in [0.2, 0.25) is 0 Å². The molecule has 2 aromatic carbocycles. The van der Waals surface area contributed by atoms with Crippen molar-refractivity contribution in [2.75, 3.05) is 38.8 Å². The molecule has 5 atom stereocenters. The van der Waals surface area contributed by atoms with Crippen LogP contribution < -0.4 is 9.64 Å². The molecule has 1 spiro atoms. The smallest absolute Gasteiger partial charge is 0.416 e. The van der Waals surface area contributed by atoms with Gasteiger partial charge in [-0.25, -0.2) is 18.1 Å². The fourth-order valence-corrected chi connectivity index (χ4v) is 9.46. The van der Waals surface area contributed by atoms with Crippen LogP contribution in [0.5, 0.6) is 5.75 Å². The van der Waals surface area contributed by atoms with E-state index in [1.165, 1.54) is 49.7 Å². The number of cyclic esters (lactones) is 1. The number of esters is 1. The van der Waals surface area contributed by atoms with Crippen LogP contribution in [0.4, 0.5) is 10.5 Å². The van der Waals surface area contributed by atoms with Gasteiger partial charge in [0.05, 0.1) is 37.5 Å². The van der Waals surface area contributed by atoms with Gasteiger partial charge in [-0.05, 0) is 55.2 Å². The Bertz CT molecular complexity index is 1590. The highest BCUT2D eigenvalue weighted by atomic mass is 32.2. The summed E-state index contributed by atoms with van der Waals surface area (Å²) in [5.41, 5.74) is 0.594. The number of sulfonamides is 1. The summed E-state index contributed by atoms with van der Waals surface area (Å²) in [4.78, 5) is 56.3. The van der Waals surface area contributed by atoms with Crippen molar-refractivity contribution in [2.24, 2.45) is 17.3 Å². The monoisotopic (exact) mass is 611 g/mol. The third kappa shape index (κ3) is 4.39. The lowest BCUT2D eigenvalue weighted by Crippen LogP contribution is -2.69. The van der Waals surface area contributed by atoms with Crippen molar-refractivity contribution in [3.05, 3.63) is 54.1 Å². The van der Waals surface area contributed by atoms with Crippen LogP contribution in [0.1, 0.15) is 25.3 Å². The Morgan fingerprint density at radius 2 is 1.74 bits per heavy atom. The molecule has 3 heterocycles. The molecule has 43 heavy (non-hydrogen) atoms. The Hall–Kier alpha value is -3.97. The Labute approximate surface area is 249 Å². The average molecular weight is 612 g/mol. The number of anilines is 1. The number of hydrogen-bond acceptors (Lipinski definition) is 9. The summed E-state index contributed by atoms with van der Waals surface area (Å²) >= 11 is 0. The fraction of sp³-hybridized carbons (Fsp3) is 0.467. The number of benzene rings is 2. The van der Waals surface area contributed by atoms with Crippen molar-refractivity contribution < 1.29 is 41.8 Å². The molecular weight excluding hydrogens is 578 g/mol. The molecule has 1 aliphatic carbocycles. The molecule has 1 saturated carbocycles. The van der Waals surface area contributed by atoms with Crippen LogP contribution >= 0.6 is 0 Å². The highest BCUT2D eigenvalue weighted by molar-refractivity contribution is 7.89. The first kappa shape index (κ1) is 29.1. The molecule has 6 rings (SSSR count). The summed E-state index contributed by atoms with van der Waals surface area (Å²) in [6.45, 7) is 1.47. The van der Waals surface area contributed by atoms with Crippen LogP contribution in [-0.2, 0) is 40.3 Å². The Kier molecular flexibility index (Phi) is 7.20. The average Bonchev–Trinajstić information content (AvgIpc) is 3.61. The van der Waals surface area contributed by atoms with Crippen molar-refractivity contribution in [2.45, 2.75) is 43.2 Å². The van der Waals surface area contributed by atoms with E-state index >= 15 is 0 Å². The van der Waals surface area contributed by atoms with Gasteiger partial charge >= 0.3 is 12.1 Å². The van der Waals surface area contributed by atoms with E-state index in [2.05, 4.69) is 0 Å². The van der Waals surface area contributed by atoms with Crippen molar-refractivity contribution in [3.63, 3.8) is 0 Å². The molecule has 4 aliphatic rings. The molecule has 0 bridgehead atoms. The molecule has 0 radical (unpaired) electrons. The molecule has 0 aromatic heterocycles. The molecular formula is C30H33N3O9S. The fourth-order valence-electron chi connectivity index (χ4n) is 7.74. The maximum Gasteiger partial charge on any atom is 0.416 e. The van der Waals surface area contributed by atoms with E-state index in [4.69, 9.17) is 14.2 Å². The van der Waals surface area contributed by atoms with Crippen molar-refractivity contribution in [1.29, 1.82) is 0 Å². The molecule has 2 saturated heterocycles. The van der Waals surface area contributed by atoms with Gasteiger partial charge in [0.15, 0.2) is 0 Å². The van der Waals surface area contributed by atoms with Gasteiger partial charge < -0.3 is 19.1 Å². The number of carbonyl (C=O) groups is 4. The van der Waals surface area contributed by atoms with Gasteiger partial charge in [-0.3, -0.25) is 14.4 Å². The number of amides is 3. The van der Waals surface area contributed by atoms with Crippen molar-refractivity contribution >= 4 is 39.6 Å². The summed E-state index contributed by atoms with van der Waals surface area (Å²) < 4.78 is 45.5. The number of para-hydroxylation sites is 1. The molecule has 3 aliphatic heterocycles. The molecule has 228 valence electrons. The maximum absolute atomic E-state index is 14.4. The highest BCUT2D eigenvalue weighted by Gasteiger charge is 2.68. The van der Waals surface area contributed by atoms with Crippen LogP contribution in [0.3, 0.4) is 0 Å². The lowest BCUT2D eigenvalue weighted by molar-refractivity contribution is -0.160. The number of imide groups is 1. The normalized spacial score (nSPS) is 28.4. The minimum atomic E-state index is -4.23. The quantitative estimate of drug-likeness (QED) is 0.466. The molecule has 1 unspecified atom stereocenters. The molecule has 12 nitrogen and oxygen atoms in total. The molecule has 3 amide bonds. The number of methoxy groups -OCH3 is 2. The second kappa shape index (κ2) is 10.6. The zero-order chi connectivity index (χ0) is 30.7. The van der Waals surface area contributed by atoms with Crippen LogP contribution in [0.25, 0.3) is 0 Å². The van der Waals surface area contributed by atoms with Gasteiger partial charge in [-0.1, -0.05) is 18.2 Å². The van der Waals surface area contributed by atoms with Gasteiger partial charge in [0.1, 0.15) is 12.4 Å². The van der Waals surface area contributed by atoms with E-state index in [0.717, 1.165) is 10.5 Å². The topological polar surface area (TPSA) is 140 Å². The standard InChI is InChI=1S/C30H33N3O9S/c1-18(34)33-23-7-5-4-6-19(23)17-30-12-13-32(43(38,39)21-10-8-20(40-2)9-11-21)26(30)25(22(16-24(30)33)28(36)41-3)27(35)31-14-15-42-29(31)37/h4-11,22,24-26H,12-17H2,1-3H3/t22-,24?,25+,26-,30+/m0/s1. The lowest BCUT2D eigenvalue weighted by atomic mass is 9.55. The molecule has 0 N–H and O–H groups in total. The Balaban J connectivity index is 1.57. The van der Waals surface area contributed by atoms with Crippen LogP contribution in [0.15, 0.2) is 53.4 Å². The first-order valence-corrected chi connectivity index (χ1v) is 15.6. The zero-order valence-corrected chi connectivity index (χ0v) is 24.9. The summed E-state index contributed by atoms with van der Waals surface area (Å²) in [7, 11) is -1.55. The lowest BCUT2D eigenvalue weighted by Gasteiger charge is -2.58. The zero-order valence-electron chi connectivity index (χ0n) is 24.1. The first-order chi connectivity index (χ1) is 20.5. The maximum atomic E-state index is 14.4. The minimum absolute atomic E-state index is 0.00201. The first-order valence-electron chi connectivity index (χ1n) is 14.1. The van der Waals surface area contributed by atoms with E-state index in [1.54, 1.807) is 4.90 Å². The van der Waals surface area contributed by atoms with Crippen LogP contribution in [-0.4, -0.2) is 87.5 Å². The second-order valence-corrected chi connectivity index (χ2v) is 13.3. The van der Waals surface area contributed by atoms with Gasteiger partial charge in [-0.2, -0.15) is 4.31 Å². The Morgan fingerprint density at radius 3 is 2.37 bits per heavy atom. The predicted molar refractivity (Wildman–Crippen MR) is 151 cm³/mol. The largest absolute Gasteiger partial charge is 0.497 e. The number of nitrogens with zero attached hydrogens (tertiary/aromatic N) is 3. The second-order valence-electron chi connectivity index (χ2n) is 11.4. The molecule has 3 fully saturated rings. The Morgan fingerprint density at radius 1 is 1.02 bits per heavy atom. The number of hydrogen-bond donors (Lipinski definition) is 0. The van der Waals surface area contributed by atoms with E-state index in [1.807, 2.05) is 24.3 Å². The van der Waals surface area contributed by atoms with Crippen molar-refractivity contribution in [1.82, 2.24) is 9.21 Å². The summed E-state index contributed by atoms with van der Waals surface area (Å²) in [5.74, 6) is -3.58. The summed E-state index contributed by atoms with van der Waals surface area (Å²) in [6.07, 6.45) is -0.0734. The van der Waals surface area contributed by atoms with Gasteiger partial charge in [-0.15, -0.1) is 0 Å². The van der Waals surface area contributed by atoms with Crippen molar-refractivity contribution in [3.8, 4) is 5.75 Å². The number of carbonyl (C=O) groups excluding carboxylic acids is 4. The van der Waals surface area contributed by atoms with Crippen LogP contribution in [0, 0.1) is 17.3 Å². The number of fused-ring (bicyclic) bond motifs is 1. The van der Waals surface area contributed by atoms with Gasteiger partial charge in [0.25, 0.3) is 0 Å². The van der Waals surface area contributed by atoms with Gasteiger partial charge in [0.2, 0.25) is 21.8 Å². The number of rotatable bonds is 5. The van der Waals surface area contributed by atoms with E-state index in [0.29, 0.717) is 24.3 Å².